The van der Waals surface area contributed by atoms with Gasteiger partial charge in [0.25, 0.3) is 0 Å². The minimum absolute atomic E-state index is 0.0481. The fourth-order valence-electron chi connectivity index (χ4n) is 1.00. The van der Waals surface area contributed by atoms with E-state index >= 15 is 0 Å². The number of aromatic nitrogens is 1. The molecule has 66 valence electrons. The zero-order valence-corrected chi connectivity index (χ0v) is 8.37. The molecule has 0 aliphatic heterocycles. The van der Waals surface area contributed by atoms with Gasteiger partial charge < -0.3 is 10.4 Å². The van der Waals surface area contributed by atoms with Crippen LogP contribution in [-0.2, 0) is 0 Å². The van der Waals surface area contributed by atoms with Crippen molar-refractivity contribution >= 4 is 15.9 Å². The van der Waals surface area contributed by atoms with Crippen molar-refractivity contribution in [3.8, 4) is 0 Å². The third-order valence-electron chi connectivity index (χ3n) is 1.69. The number of hydrogen-bond acceptors (Lipinski definition) is 3. The quantitative estimate of drug-likeness (QED) is 0.765. The van der Waals surface area contributed by atoms with Gasteiger partial charge in [-0.1, -0.05) is 6.07 Å². The average Bonchev–Trinajstić information content (AvgIpc) is 2.10. The maximum atomic E-state index is 8.99. The third-order valence-corrected chi connectivity index (χ3v) is 2.36. The van der Waals surface area contributed by atoms with E-state index in [1.165, 1.54) is 0 Å². The molecule has 0 fully saturated rings. The summed E-state index contributed by atoms with van der Waals surface area (Å²) in [5.41, 5.74) is 0.975. The molecule has 0 saturated carbocycles. The molecule has 0 bridgehead atoms. The molecule has 0 amide bonds. The Morgan fingerprint density at radius 3 is 3.00 bits per heavy atom. The molecular formula is C8H11BrN2O. The van der Waals surface area contributed by atoms with Crippen LogP contribution in [0.5, 0.6) is 0 Å². The Hall–Kier alpha value is -0.450. The average molecular weight is 231 g/mol. The Bertz CT molecular complexity index is 251. The predicted octanol–water partition coefficient (Wildman–Crippen LogP) is 1.10. The van der Waals surface area contributed by atoms with Crippen LogP contribution in [-0.4, -0.2) is 23.7 Å². The molecule has 0 aromatic carbocycles. The van der Waals surface area contributed by atoms with Gasteiger partial charge in [0.15, 0.2) is 0 Å². The lowest BCUT2D eigenvalue weighted by Crippen LogP contribution is -2.20. The molecular weight excluding hydrogens is 220 g/mol. The summed E-state index contributed by atoms with van der Waals surface area (Å²) in [7, 11) is 1.81. The van der Waals surface area contributed by atoms with E-state index in [1.54, 1.807) is 13.2 Å². The van der Waals surface area contributed by atoms with Crippen LogP contribution in [0.15, 0.2) is 22.9 Å². The molecule has 1 unspecified atom stereocenters. The van der Waals surface area contributed by atoms with Crippen molar-refractivity contribution in [1.82, 2.24) is 10.3 Å². The van der Waals surface area contributed by atoms with Crippen LogP contribution >= 0.6 is 15.9 Å². The van der Waals surface area contributed by atoms with Gasteiger partial charge in [0, 0.05) is 11.8 Å². The fraction of sp³-hybridized carbons (Fsp3) is 0.375. The van der Waals surface area contributed by atoms with E-state index in [-0.39, 0.29) is 12.6 Å². The van der Waals surface area contributed by atoms with Crippen LogP contribution in [0.25, 0.3) is 0 Å². The van der Waals surface area contributed by atoms with Crippen molar-refractivity contribution in [2.45, 2.75) is 6.04 Å². The number of nitrogens with zero attached hydrogens (tertiary/aromatic N) is 1. The zero-order chi connectivity index (χ0) is 8.97. The molecule has 0 saturated heterocycles. The Kier molecular flexibility index (Phi) is 3.65. The number of hydrogen-bond donors (Lipinski definition) is 2. The third kappa shape index (κ3) is 2.03. The number of rotatable bonds is 3. The Morgan fingerprint density at radius 2 is 2.50 bits per heavy atom. The first-order valence-corrected chi connectivity index (χ1v) is 4.47. The maximum absolute atomic E-state index is 8.99. The van der Waals surface area contributed by atoms with Gasteiger partial charge in [0.1, 0.15) is 4.60 Å². The SMILES string of the molecule is CNC(CO)c1cccnc1Br. The van der Waals surface area contributed by atoms with Crippen molar-refractivity contribution in [1.29, 1.82) is 0 Å². The van der Waals surface area contributed by atoms with E-state index in [0.717, 1.165) is 10.2 Å². The van der Waals surface area contributed by atoms with E-state index in [2.05, 4.69) is 26.2 Å². The van der Waals surface area contributed by atoms with Gasteiger partial charge in [0.05, 0.1) is 12.6 Å². The standard InChI is InChI=1S/C8H11BrN2O/c1-10-7(5-12)6-3-2-4-11-8(6)9/h2-4,7,10,12H,5H2,1H3. The van der Waals surface area contributed by atoms with Crippen molar-refractivity contribution in [2.75, 3.05) is 13.7 Å². The molecule has 2 N–H and O–H groups in total. The van der Waals surface area contributed by atoms with Gasteiger partial charge >= 0.3 is 0 Å². The number of pyridine rings is 1. The molecule has 1 atom stereocenters. The summed E-state index contributed by atoms with van der Waals surface area (Å²) in [4.78, 5) is 4.06. The van der Waals surface area contributed by atoms with E-state index in [9.17, 15) is 0 Å². The first-order chi connectivity index (χ1) is 5.79. The van der Waals surface area contributed by atoms with E-state index in [1.807, 2.05) is 12.1 Å². The van der Waals surface area contributed by atoms with Crippen LogP contribution in [0.2, 0.25) is 0 Å². The molecule has 3 nitrogen and oxygen atoms in total. The lowest BCUT2D eigenvalue weighted by atomic mass is 10.1. The topological polar surface area (TPSA) is 45.1 Å². The molecule has 1 aromatic rings. The maximum Gasteiger partial charge on any atom is 0.110 e. The highest BCUT2D eigenvalue weighted by atomic mass is 79.9. The van der Waals surface area contributed by atoms with Gasteiger partial charge in [-0.15, -0.1) is 0 Å². The first kappa shape index (κ1) is 9.64. The molecule has 1 aromatic heterocycles. The van der Waals surface area contributed by atoms with E-state index in [0.29, 0.717) is 0 Å². The van der Waals surface area contributed by atoms with E-state index in [4.69, 9.17) is 5.11 Å². The van der Waals surface area contributed by atoms with Crippen molar-refractivity contribution in [3.63, 3.8) is 0 Å². The van der Waals surface area contributed by atoms with Crippen LogP contribution in [0.3, 0.4) is 0 Å². The molecule has 4 heteroatoms. The van der Waals surface area contributed by atoms with Gasteiger partial charge in [-0.3, -0.25) is 0 Å². The Morgan fingerprint density at radius 1 is 1.75 bits per heavy atom. The lowest BCUT2D eigenvalue weighted by molar-refractivity contribution is 0.250. The summed E-state index contributed by atoms with van der Waals surface area (Å²) >= 11 is 3.32. The molecule has 0 radical (unpaired) electrons. The lowest BCUT2D eigenvalue weighted by Gasteiger charge is -2.13. The van der Waals surface area contributed by atoms with Crippen molar-refractivity contribution < 1.29 is 5.11 Å². The summed E-state index contributed by atoms with van der Waals surface area (Å²) in [6.45, 7) is 0.0702. The number of nitrogens with one attached hydrogen (secondary N) is 1. The molecule has 12 heavy (non-hydrogen) atoms. The molecule has 1 heterocycles. The highest BCUT2D eigenvalue weighted by molar-refractivity contribution is 9.10. The summed E-state index contributed by atoms with van der Waals surface area (Å²) in [6.07, 6.45) is 1.71. The fourth-order valence-corrected chi connectivity index (χ4v) is 1.53. The van der Waals surface area contributed by atoms with Crippen LogP contribution in [0, 0.1) is 0 Å². The summed E-state index contributed by atoms with van der Waals surface area (Å²) in [6, 6.07) is 3.72. The molecule has 0 aliphatic carbocycles. The number of likely N-dealkylation sites (N-methyl/N-ethyl adjacent to an activating group) is 1. The smallest absolute Gasteiger partial charge is 0.110 e. The van der Waals surface area contributed by atoms with Crippen LogP contribution in [0.4, 0.5) is 0 Å². The second-order valence-corrected chi connectivity index (χ2v) is 3.16. The summed E-state index contributed by atoms with van der Waals surface area (Å²) < 4.78 is 0.776. The van der Waals surface area contributed by atoms with Gasteiger partial charge in [-0.25, -0.2) is 4.98 Å². The second-order valence-electron chi connectivity index (χ2n) is 2.41. The van der Waals surface area contributed by atoms with Crippen LogP contribution in [0.1, 0.15) is 11.6 Å². The predicted molar refractivity (Wildman–Crippen MR) is 50.8 cm³/mol. The highest BCUT2D eigenvalue weighted by Crippen LogP contribution is 2.19. The van der Waals surface area contributed by atoms with Gasteiger partial charge in [0.2, 0.25) is 0 Å². The minimum Gasteiger partial charge on any atom is -0.394 e. The normalized spacial score (nSPS) is 12.9. The number of aliphatic hydroxyl groups excluding tert-OH is 1. The highest BCUT2D eigenvalue weighted by Gasteiger charge is 2.10. The molecule has 0 spiro atoms. The van der Waals surface area contributed by atoms with Crippen molar-refractivity contribution in [3.05, 3.63) is 28.5 Å². The summed E-state index contributed by atoms with van der Waals surface area (Å²) in [5, 5.41) is 12.0. The van der Waals surface area contributed by atoms with Crippen LogP contribution < -0.4 is 5.32 Å². The Balaban J connectivity index is 2.92. The van der Waals surface area contributed by atoms with Gasteiger partial charge in [-0.05, 0) is 29.0 Å². The zero-order valence-electron chi connectivity index (χ0n) is 6.79. The first-order valence-electron chi connectivity index (χ1n) is 3.68. The van der Waals surface area contributed by atoms with Crippen molar-refractivity contribution in [2.24, 2.45) is 0 Å². The number of aliphatic hydroxyl groups is 1. The number of halogens is 1. The minimum atomic E-state index is -0.0481. The Labute approximate surface area is 80.0 Å². The molecule has 0 aliphatic rings. The van der Waals surface area contributed by atoms with E-state index < -0.39 is 0 Å². The largest absolute Gasteiger partial charge is 0.394 e. The summed E-state index contributed by atoms with van der Waals surface area (Å²) in [5.74, 6) is 0. The van der Waals surface area contributed by atoms with Gasteiger partial charge in [-0.2, -0.15) is 0 Å². The molecule has 1 rings (SSSR count). The second kappa shape index (κ2) is 4.54. The monoisotopic (exact) mass is 230 g/mol.